The molecule has 0 amide bonds. The van der Waals surface area contributed by atoms with Crippen molar-refractivity contribution in [3.63, 3.8) is 0 Å². The van der Waals surface area contributed by atoms with Gasteiger partial charge in [-0.1, -0.05) is 24.3 Å². The van der Waals surface area contributed by atoms with Crippen LogP contribution in [0.1, 0.15) is 44.9 Å². The van der Waals surface area contributed by atoms with Crippen LogP contribution in [-0.4, -0.2) is 22.6 Å². The Morgan fingerprint density at radius 1 is 1.17 bits per heavy atom. The van der Waals surface area contributed by atoms with Crippen LogP contribution in [0.4, 0.5) is 0 Å². The molecule has 2 aliphatic rings. The van der Waals surface area contributed by atoms with Gasteiger partial charge in [-0.15, -0.1) is 0 Å². The number of ether oxygens (including phenoxy) is 1. The Balaban J connectivity index is 2.09. The maximum Gasteiger partial charge on any atom is 0.340 e. The van der Waals surface area contributed by atoms with Crippen LogP contribution in [0.15, 0.2) is 24.3 Å². The van der Waals surface area contributed by atoms with Gasteiger partial charge < -0.3 is 4.74 Å². The summed E-state index contributed by atoms with van der Waals surface area (Å²) in [7, 11) is 0. The van der Waals surface area contributed by atoms with Gasteiger partial charge >= 0.3 is 5.90 Å². The molecule has 2 nitrogen and oxygen atoms in total. The fourth-order valence-electron chi connectivity index (χ4n) is 3.34. The summed E-state index contributed by atoms with van der Waals surface area (Å²) in [6.07, 6.45) is 1.38. The summed E-state index contributed by atoms with van der Waals surface area (Å²) in [4.78, 5) is 0. The molecule has 2 heteroatoms. The molecule has 3 rings (SSSR count). The summed E-state index contributed by atoms with van der Waals surface area (Å²) in [5.41, 5.74) is 2.92. The number of nitrogens with zero attached hydrogens (tertiary/aromatic N) is 1. The monoisotopic (exact) mass is 244 g/mol. The second-order valence-corrected chi connectivity index (χ2v) is 6.00. The van der Waals surface area contributed by atoms with Crippen LogP contribution in [0.25, 0.3) is 0 Å². The van der Waals surface area contributed by atoms with E-state index in [9.17, 15) is 0 Å². The minimum absolute atomic E-state index is 0.321. The first kappa shape index (κ1) is 11.8. The van der Waals surface area contributed by atoms with Crippen LogP contribution in [0.2, 0.25) is 0 Å². The molecule has 1 aromatic carbocycles. The number of hydrogen-bond acceptors (Lipinski definition) is 1. The summed E-state index contributed by atoms with van der Waals surface area (Å²) in [5, 5.41) is 0. The molecule has 0 N–H and O–H groups in total. The van der Waals surface area contributed by atoms with Crippen molar-refractivity contribution in [3.8, 4) is 0 Å². The van der Waals surface area contributed by atoms with Crippen LogP contribution in [-0.2, 0) is 11.2 Å². The first-order valence-electron chi connectivity index (χ1n) is 6.99. The van der Waals surface area contributed by atoms with Crippen LogP contribution in [0.5, 0.6) is 0 Å². The molecule has 0 saturated carbocycles. The normalized spacial score (nSPS) is 25.7. The van der Waals surface area contributed by atoms with Crippen molar-refractivity contribution < 1.29 is 9.31 Å². The van der Waals surface area contributed by atoms with E-state index in [0.717, 1.165) is 6.42 Å². The largest absolute Gasteiger partial charge is 0.437 e. The van der Waals surface area contributed by atoms with Gasteiger partial charge in [-0.05, 0) is 33.3 Å². The zero-order valence-corrected chi connectivity index (χ0v) is 11.7. The molecule has 0 aromatic heterocycles. The van der Waals surface area contributed by atoms with E-state index in [1.165, 1.54) is 17.0 Å². The molecule has 0 radical (unpaired) electrons. The predicted molar refractivity (Wildman–Crippen MR) is 73.0 cm³/mol. The van der Waals surface area contributed by atoms with Gasteiger partial charge in [0.15, 0.2) is 12.1 Å². The Morgan fingerprint density at radius 3 is 2.56 bits per heavy atom. The summed E-state index contributed by atoms with van der Waals surface area (Å²) in [5.74, 6) is 1.64. The molecule has 0 bridgehead atoms. The highest BCUT2D eigenvalue weighted by molar-refractivity contribution is 5.75. The maximum absolute atomic E-state index is 6.25. The molecule has 0 unspecified atom stereocenters. The summed E-state index contributed by atoms with van der Waals surface area (Å²) in [6.45, 7) is 8.96. The van der Waals surface area contributed by atoms with Crippen LogP contribution in [0, 0.1) is 5.92 Å². The number of hydrogen-bond donors (Lipinski definition) is 0. The van der Waals surface area contributed by atoms with Gasteiger partial charge in [0.2, 0.25) is 6.04 Å². The molecule has 0 saturated heterocycles. The first-order valence-corrected chi connectivity index (χ1v) is 6.99. The fourth-order valence-corrected chi connectivity index (χ4v) is 3.34. The molecule has 1 heterocycles. The maximum atomic E-state index is 6.25. The highest BCUT2D eigenvalue weighted by atomic mass is 16.5. The lowest BCUT2D eigenvalue weighted by Crippen LogP contribution is -2.29. The van der Waals surface area contributed by atoms with Crippen molar-refractivity contribution in [1.82, 2.24) is 0 Å². The molecule has 0 spiro atoms. The minimum Gasteiger partial charge on any atom is -0.437 e. The van der Waals surface area contributed by atoms with Crippen molar-refractivity contribution in [3.05, 3.63) is 35.4 Å². The Labute approximate surface area is 109 Å². The van der Waals surface area contributed by atoms with E-state index in [0.29, 0.717) is 24.1 Å². The summed E-state index contributed by atoms with van der Waals surface area (Å²) < 4.78 is 8.73. The molecule has 1 aliphatic heterocycles. The van der Waals surface area contributed by atoms with E-state index < -0.39 is 0 Å². The molecular weight excluding hydrogens is 222 g/mol. The quantitative estimate of drug-likeness (QED) is 0.728. The third-order valence-electron chi connectivity index (χ3n) is 4.02. The van der Waals surface area contributed by atoms with E-state index in [4.69, 9.17) is 4.74 Å². The highest BCUT2D eigenvalue weighted by Crippen LogP contribution is 2.41. The van der Waals surface area contributed by atoms with Crippen LogP contribution < -0.4 is 0 Å². The predicted octanol–water partition coefficient (Wildman–Crippen LogP) is 3.16. The lowest BCUT2D eigenvalue weighted by Gasteiger charge is -2.12. The topological polar surface area (TPSA) is 12.2 Å². The zero-order chi connectivity index (χ0) is 12.9. The van der Waals surface area contributed by atoms with Crippen LogP contribution in [0.3, 0.4) is 0 Å². The number of benzene rings is 1. The highest BCUT2D eigenvalue weighted by Gasteiger charge is 2.51. The molecule has 1 aliphatic carbocycles. The average molecular weight is 244 g/mol. The molecule has 1 aromatic rings. The Bertz CT molecular complexity index is 502. The second kappa shape index (κ2) is 4.11. The van der Waals surface area contributed by atoms with Gasteiger partial charge in [-0.2, -0.15) is 4.58 Å². The minimum atomic E-state index is 0.321. The second-order valence-electron chi connectivity index (χ2n) is 6.00. The lowest BCUT2D eigenvalue weighted by molar-refractivity contribution is -0.595. The van der Waals surface area contributed by atoms with Gasteiger partial charge in [0, 0.05) is 12.0 Å². The van der Waals surface area contributed by atoms with E-state index >= 15 is 0 Å². The fraction of sp³-hybridized carbons (Fsp3) is 0.562. The van der Waals surface area contributed by atoms with Gasteiger partial charge in [0.25, 0.3) is 0 Å². The number of fused-ring (bicyclic) bond motifs is 3. The van der Waals surface area contributed by atoms with Crippen LogP contribution >= 0.6 is 0 Å². The zero-order valence-electron chi connectivity index (χ0n) is 11.7. The summed E-state index contributed by atoms with van der Waals surface area (Å²) >= 11 is 0. The lowest BCUT2D eigenvalue weighted by atomic mass is 10.1. The summed E-state index contributed by atoms with van der Waals surface area (Å²) in [6, 6.07) is 9.70. The van der Waals surface area contributed by atoms with E-state index in [2.05, 4.69) is 56.5 Å². The standard InChI is InChI=1S/C16H22NO/c1-10(2)16-17(11(3)4)15-13-8-6-5-7-12(13)9-14(15)18-16/h5-8,10-11,14-15H,9H2,1-4H3/q+1/t14-,15+/m1/s1. The van der Waals surface area contributed by atoms with Crippen molar-refractivity contribution >= 4 is 5.90 Å². The number of rotatable bonds is 2. The Kier molecular flexibility index (Phi) is 2.69. The van der Waals surface area contributed by atoms with Gasteiger partial charge in [0.1, 0.15) is 0 Å². The van der Waals surface area contributed by atoms with Gasteiger partial charge in [-0.25, -0.2) is 0 Å². The van der Waals surface area contributed by atoms with Gasteiger partial charge in [0.05, 0.1) is 5.92 Å². The van der Waals surface area contributed by atoms with E-state index in [1.54, 1.807) is 0 Å². The SMILES string of the molecule is CC(C)C1=[N+](C(C)C)[C@H]2c3ccccc3C[C@H]2O1. The van der Waals surface area contributed by atoms with Crippen molar-refractivity contribution in [2.24, 2.45) is 5.92 Å². The third-order valence-corrected chi connectivity index (χ3v) is 4.02. The van der Waals surface area contributed by atoms with Gasteiger partial charge in [-0.3, -0.25) is 0 Å². The molecule has 2 atom stereocenters. The smallest absolute Gasteiger partial charge is 0.340 e. The van der Waals surface area contributed by atoms with Crippen molar-refractivity contribution in [1.29, 1.82) is 0 Å². The molecular formula is C16H22NO+. The van der Waals surface area contributed by atoms with E-state index in [-0.39, 0.29) is 0 Å². The first-order chi connectivity index (χ1) is 8.59. The van der Waals surface area contributed by atoms with E-state index in [1.807, 2.05) is 0 Å². The average Bonchev–Trinajstić information content (AvgIpc) is 2.83. The third kappa shape index (κ3) is 1.58. The molecule has 18 heavy (non-hydrogen) atoms. The molecule has 0 fully saturated rings. The Morgan fingerprint density at radius 2 is 1.89 bits per heavy atom. The van der Waals surface area contributed by atoms with Crippen molar-refractivity contribution in [2.45, 2.75) is 52.3 Å². The Hall–Kier alpha value is -1.31. The van der Waals surface area contributed by atoms with Crippen molar-refractivity contribution in [2.75, 3.05) is 0 Å². The molecule has 96 valence electrons.